The number of aromatic nitrogens is 2. The van der Waals surface area contributed by atoms with Crippen molar-refractivity contribution in [3.8, 4) is 10.6 Å². The van der Waals surface area contributed by atoms with Crippen LogP contribution in [0.15, 0.2) is 72.8 Å². The maximum Gasteiger partial charge on any atom is 0.279 e. The first-order valence-corrected chi connectivity index (χ1v) is 10.9. The van der Waals surface area contributed by atoms with Gasteiger partial charge in [0.05, 0.1) is 21.6 Å². The van der Waals surface area contributed by atoms with Crippen molar-refractivity contribution in [3.05, 3.63) is 99.8 Å². The van der Waals surface area contributed by atoms with Gasteiger partial charge in [-0.05, 0) is 29.3 Å². The van der Waals surface area contributed by atoms with Crippen LogP contribution in [0, 0.1) is 10.1 Å². The Balaban J connectivity index is 1.59. The second-order valence-electron chi connectivity index (χ2n) is 6.85. The molecule has 0 unspecified atom stereocenters. The van der Waals surface area contributed by atoms with E-state index in [9.17, 15) is 10.1 Å². The van der Waals surface area contributed by atoms with Gasteiger partial charge in [0.1, 0.15) is 15.4 Å². The average Bonchev–Trinajstić information content (AvgIpc) is 3.46. The van der Waals surface area contributed by atoms with Crippen molar-refractivity contribution in [2.45, 2.75) is 10.7 Å². The van der Waals surface area contributed by atoms with Gasteiger partial charge >= 0.3 is 0 Å². The van der Waals surface area contributed by atoms with E-state index in [0.29, 0.717) is 15.9 Å². The fourth-order valence-corrected chi connectivity index (χ4v) is 4.78. The third-order valence-corrected chi connectivity index (χ3v) is 6.72. The lowest BCUT2D eigenvalue weighted by molar-refractivity contribution is -0.384. The summed E-state index contributed by atoms with van der Waals surface area (Å²) in [5.74, 6) is 0. The Morgan fingerprint density at radius 3 is 2.52 bits per heavy atom. The van der Waals surface area contributed by atoms with E-state index in [2.05, 4.69) is 45.2 Å². The molecule has 2 aromatic carbocycles. The minimum atomic E-state index is -0.356. The van der Waals surface area contributed by atoms with Gasteiger partial charge < -0.3 is 0 Å². The Morgan fingerprint density at radius 1 is 1.03 bits per heavy atom. The fraction of sp³-hybridized carbons (Fsp3) is 0.0909. The molecule has 0 aliphatic heterocycles. The number of nitro benzene ring substituents is 1. The smallest absolute Gasteiger partial charge is 0.258 e. The second kappa shape index (κ2) is 6.86. The highest BCUT2D eigenvalue weighted by Gasteiger charge is 2.39. The summed E-state index contributed by atoms with van der Waals surface area (Å²) in [6.45, 7) is 0. The lowest BCUT2D eigenvalue weighted by atomic mass is 9.89. The molecule has 0 N–H and O–H groups in total. The summed E-state index contributed by atoms with van der Waals surface area (Å²) < 4.78 is 0. The number of pyridine rings is 1. The van der Waals surface area contributed by atoms with Gasteiger partial charge in [0.25, 0.3) is 5.69 Å². The summed E-state index contributed by atoms with van der Waals surface area (Å²) in [6.07, 6.45) is 4.28. The number of hydrogen-bond acceptors (Lipinski definition) is 5. The number of benzene rings is 2. The molecule has 1 aliphatic carbocycles. The van der Waals surface area contributed by atoms with Crippen LogP contribution in [0.25, 0.3) is 20.9 Å². The van der Waals surface area contributed by atoms with E-state index in [4.69, 9.17) is 4.98 Å². The molecule has 1 aliphatic rings. The zero-order chi connectivity index (χ0) is 20.0. The zero-order valence-corrected chi connectivity index (χ0v) is 17.5. The van der Waals surface area contributed by atoms with Gasteiger partial charge in [-0.3, -0.25) is 10.1 Å². The van der Waals surface area contributed by atoms with Crippen LogP contribution >= 0.6 is 27.3 Å². The number of nitro groups is 1. The number of thiazole rings is 1. The molecular formula is C22H14BrN3O2S. The lowest BCUT2D eigenvalue weighted by Gasteiger charge is -2.15. The van der Waals surface area contributed by atoms with Crippen LogP contribution in [0.5, 0.6) is 0 Å². The number of nitrogens with zero attached hydrogens (tertiary/aromatic N) is 3. The molecule has 0 amide bonds. The highest BCUT2D eigenvalue weighted by Crippen LogP contribution is 2.45. The molecule has 0 saturated carbocycles. The molecule has 5 rings (SSSR count). The Bertz CT molecular complexity index is 1280. The quantitative estimate of drug-likeness (QED) is 0.157. The standard InChI is InChI=1S/C22H14BrN3O2S/c23-13-14-6-7-16(18(12-14)26(27)28)20-24-17-8-9-19(25-21(17)29-20)22(10-11-22)15-4-2-1-3-5-15/h1-12H,13H2. The SMILES string of the molecule is O=[N+]([O-])c1cc(CBr)ccc1-c1nc2ccc(C3(c4ccccc4)C=C3)nc2s1. The van der Waals surface area contributed by atoms with Gasteiger partial charge in [-0.15, -0.1) is 0 Å². The van der Waals surface area contributed by atoms with E-state index >= 15 is 0 Å². The van der Waals surface area contributed by atoms with Crippen LogP contribution in [-0.4, -0.2) is 14.9 Å². The highest BCUT2D eigenvalue weighted by molar-refractivity contribution is 9.08. The number of hydrogen-bond donors (Lipinski definition) is 0. The number of allylic oxidation sites excluding steroid dienone is 2. The predicted molar refractivity (Wildman–Crippen MR) is 118 cm³/mol. The summed E-state index contributed by atoms with van der Waals surface area (Å²) in [5.41, 5.74) is 4.04. The van der Waals surface area contributed by atoms with E-state index < -0.39 is 0 Å². The largest absolute Gasteiger partial charge is 0.279 e. The van der Waals surface area contributed by atoms with Crippen molar-refractivity contribution >= 4 is 43.3 Å². The number of alkyl halides is 1. The molecule has 0 saturated heterocycles. The summed E-state index contributed by atoms with van der Waals surface area (Å²) in [4.78, 5) is 21.5. The maximum absolute atomic E-state index is 11.6. The summed E-state index contributed by atoms with van der Waals surface area (Å²) in [6, 6.07) is 19.4. The van der Waals surface area contributed by atoms with Gasteiger partial charge in [0.2, 0.25) is 0 Å². The van der Waals surface area contributed by atoms with Gasteiger partial charge in [0.15, 0.2) is 0 Å². The van der Waals surface area contributed by atoms with Gasteiger partial charge in [-0.25, -0.2) is 9.97 Å². The number of fused-ring (bicyclic) bond motifs is 1. The fourth-order valence-electron chi connectivity index (χ4n) is 3.46. The second-order valence-corrected chi connectivity index (χ2v) is 8.39. The number of halogens is 1. The molecule has 0 radical (unpaired) electrons. The molecule has 0 spiro atoms. The van der Waals surface area contributed by atoms with Crippen molar-refractivity contribution < 1.29 is 4.92 Å². The van der Waals surface area contributed by atoms with Gasteiger partial charge in [-0.2, -0.15) is 0 Å². The van der Waals surface area contributed by atoms with Crippen LogP contribution < -0.4 is 0 Å². The van der Waals surface area contributed by atoms with Crippen molar-refractivity contribution in [1.82, 2.24) is 9.97 Å². The van der Waals surface area contributed by atoms with Crippen molar-refractivity contribution in [2.24, 2.45) is 0 Å². The molecular weight excluding hydrogens is 450 g/mol. The molecule has 4 aromatic rings. The topological polar surface area (TPSA) is 68.9 Å². The summed E-state index contributed by atoms with van der Waals surface area (Å²) in [5, 5.41) is 12.7. The van der Waals surface area contributed by atoms with Crippen molar-refractivity contribution in [1.29, 1.82) is 0 Å². The van der Waals surface area contributed by atoms with E-state index in [1.54, 1.807) is 12.1 Å². The van der Waals surface area contributed by atoms with E-state index in [1.807, 2.05) is 36.4 Å². The zero-order valence-electron chi connectivity index (χ0n) is 15.1. The van der Waals surface area contributed by atoms with Crippen molar-refractivity contribution in [2.75, 3.05) is 0 Å². The first kappa shape index (κ1) is 18.1. The molecule has 2 heterocycles. The first-order valence-electron chi connectivity index (χ1n) is 8.98. The Hall–Kier alpha value is -2.90. The molecule has 2 aromatic heterocycles. The molecule has 29 heavy (non-hydrogen) atoms. The monoisotopic (exact) mass is 463 g/mol. The first-order chi connectivity index (χ1) is 14.1. The van der Waals surface area contributed by atoms with Gasteiger partial charge in [0, 0.05) is 11.4 Å². The summed E-state index contributed by atoms with van der Waals surface area (Å²) >= 11 is 4.73. The molecule has 5 nitrogen and oxygen atoms in total. The normalized spacial score (nSPS) is 14.2. The minimum Gasteiger partial charge on any atom is -0.258 e. The molecule has 142 valence electrons. The lowest BCUT2D eigenvalue weighted by Crippen LogP contribution is -2.12. The van der Waals surface area contributed by atoms with E-state index in [1.165, 1.54) is 16.9 Å². The molecule has 7 heteroatoms. The predicted octanol–water partition coefficient (Wildman–Crippen LogP) is 6.02. The number of rotatable bonds is 5. The maximum atomic E-state index is 11.6. The van der Waals surface area contributed by atoms with Crippen LogP contribution in [0.1, 0.15) is 16.8 Å². The van der Waals surface area contributed by atoms with Crippen LogP contribution in [0.2, 0.25) is 0 Å². The third-order valence-electron chi connectivity index (χ3n) is 5.07. The van der Waals surface area contributed by atoms with Crippen LogP contribution in [0.3, 0.4) is 0 Å². The van der Waals surface area contributed by atoms with Crippen LogP contribution in [-0.2, 0) is 10.7 Å². The third kappa shape index (κ3) is 3.07. The van der Waals surface area contributed by atoms with Gasteiger partial charge in [-0.1, -0.05) is 75.8 Å². The van der Waals surface area contributed by atoms with Crippen molar-refractivity contribution in [3.63, 3.8) is 0 Å². The van der Waals surface area contributed by atoms with E-state index in [-0.39, 0.29) is 16.0 Å². The minimum absolute atomic E-state index is 0.0610. The molecule has 0 atom stereocenters. The Kier molecular flexibility index (Phi) is 4.29. The van der Waals surface area contributed by atoms with E-state index in [0.717, 1.165) is 21.6 Å². The Labute approximate surface area is 179 Å². The Morgan fingerprint density at radius 2 is 1.83 bits per heavy atom. The summed E-state index contributed by atoms with van der Waals surface area (Å²) in [7, 11) is 0. The molecule has 0 fully saturated rings. The molecule has 0 bridgehead atoms. The average molecular weight is 464 g/mol. The highest BCUT2D eigenvalue weighted by atomic mass is 79.9. The van der Waals surface area contributed by atoms with Crippen LogP contribution in [0.4, 0.5) is 5.69 Å².